The first kappa shape index (κ1) is 27.6. The predicted octanol–water partition coefficient (Wildman–Crippen LogP) is 6.20. The molecule has 2 atom stereocenters. The first-order chi connectivity index (χ1) is 19.8. The number of aliphatic hydroxyl groups excluding tert-OH is 3. The van der Waals surface area contributed by atoms with Gasteiger partial charge in [0.05, 0.1) is 34.2 Å². The summed E-state index contributed by atoms with van der Waals surface area (Å²) in [6.07, 6.45) is 10.6. The second-order valence-electron chi connectivity index (χ2n) is 11.8. The number of fused-ring (bicyclic) bond motifs is 5. The Morgan fingerprint density at radius 2 is 1.56 bits per heavy atom. The molecule has 1 aliphatic carbocycles. The highest BCUT2D eigenvalue weighted by molar-refractivity contribution is 6.21. The molecule has 0 spiro atoms. The molecule has 0 saturated carbocycles. The van der Waals surface area contributed by atoms with E-state index in [0.29, 0.717) is 25.0 Å². The molecular formula is C34H40N4O3. The molecule has 8 bridgehead atoms. The Morgan fingerprint density at radius 1 is 0.878 bits per heavy atom. The third-order valence-electron chi connectivity index (χ3n) is 9.44. The average molecular weight is 553 g/mol. The van der Waals surface area contributed by atoms with Crippen LogP contribution in [0.3, 0.4) is 0 Å². The van der Waals surface area contributed by atoms with Crippen molar-refractivity contribution in [2.45, 2.75) is 73.1 Å². The average Bonchev–Trinajstić information content (AvgIpc) is 3.69. The molecule has 0 aromatic carbocycles. The Morgan fingerprint density at radius 3 is 2.27 bits per heavy atom. The summed E-state index contributed by atoms with van der Waals surface area (Å²) < 4.78 is 0. The minimum absolute atomic E-state index is 0.134. The monoisotopic (exact) mass is 552 g/mol. The Labute approximate surface area is 242 Å². The molecule has 6 rings (SSSR count). The zero-order valence-electron chi connectivity index (χ0n) is 24.7. The lowest BCUT2D eigenvalue weighted by Crippen LogP contribution is -2.15. The highest BCUT2D eigenvalue weighted by Gasteiger charge is 2.41. The maximum atomic E-state index is 11.2. The van der Waals surface area contributed by atoms with Crippen LogP contribution >= 0.6 is 0 Å². The highest BCUT2D eigenvalue weighted by atomic mass is 16.3. The van der Waals surface area contributed by atoms with Crippen molar-refractivity contribution in [2.75, 3.05) is 13.2 Å². The lowest BCUT2D eigenvalue weighted by molar-refractivity contribution is 0.271. The lowest BCUT2D eigenvalue weighted by Gasteiger charge is -2.17. The molecule has 0 aromatic heterocycles. The summed E-state index contributed by atoms with van der Waals surface area (Å²) >= 11 is 0. The third kappa shape index (κ3) is 4.46. The number of aliphatic hydroxyl groups is 3. The number of nitrogens with one attached hydrogen (secondary N) is 1. The number of allylic oxidation sites excluding steroid dienone is 12. The summed E-state index contributed by atoms with van der Waals surface area (Å²) in [5, 5.41) is 34.2. The highest BCUT2D eigenvalue weighted by Crippen LogP contribution is 2.46. The van der Waals surface area contributed by atoms with Crippen molar-refractivity contribution in [2.24, 2.45) is 26.8 Å². The topological polar surface area (TPSA) is 110 Å². The molecule has 41 heavy (non-hydrogen) atoms. The Balaban J connectivity index is 1.60. The van der Waals surface area contributed by atoms with Gasteiger partial charge in [0, 0.05) is 54.0 Å². The second kappa shape index (κ2) is 10.7. The normalized spacial score (nSPS) is 25.2. The molecule has 5 aliphatic heterocycles. The van der Waals surface area contributed by atoms with Crippen LogP contribution in [0.4, 0.5) is 0 Å². The van der Waals surface area contributed by atoms with Crippen molar-refractivity contribution < 1.29 is 15.3 Å². The van der Waals surface area contributed by atoms with Gasteiger partial charge in [-0.3, -0.25) is 0 Å². The fraction of sp³-hybridized carbons (Fsp3) is 0.441. The SMILES string of the molecule is CCC1=C(C)C2=NC1=CC1=C(C)C3=C(O)CC(=C4NC(=CC5=NC(=C2)C(CCCO)=C5C)[C@@H](C)[C@@H]4CCCO)C3=N1. The van der Waals surface area contributed by atoms with Gasteiger partial charge in [0.15, 0.2) is 0 Å². The van der Waals surface area contributed by atoms with Crippen LogP contribution in [0.5, 0.6) is 0 Å². The Kier molecular flexibility index (Phi) is 7.20. The number of nitrogens with zero attached hydrogens (tertiary/aromatic N) is 3. The van der Waals surface area contributed by atoms with Crippen molar-refractivity contribution >= 4 is 17.1 Å². The van der Waals surface area contributed by atoms with E-state index in [1.165, 1.54) is 5.57 Å². The standard InChI is InChI=1S/C34H40N4O3/c1-6-21-17(2)26-15-30-22(9-7-11-39)18(3)25(36-30)14-27-19(4)23(10-8-12-40)33(37-27)24-13-31(41)32-20(5)28(38-34(24)32)16-29(21)35-26/h14-16,19,23,37,39-41H,6-13H2,1-5H3/t19-,23-/m0/s1. The fourth-order valence-electron chi connectivity index (χ4n) is 7.04. The molecular weight excluding hydrogens is 512 g/mol. The first-order valence-electron chi connectivity index (χ1n) is 14.9. The molecule has 7 nitrogen and oxygen atoms in total. The summed E-state index contributed by atoms with van der Waals surface area (Å²) in [7, 11) is 0. The van der Waals surface area contributed by atoms with E-state index in [2.05, 4.69) is 51.2 Å². The summed E-state index contributed by atoms with van der Waals surface area (Å²) in [5.41, 5.74) is 15.0. The molecule has 0 aromatic rings. The van der Waals surface area contributed by atoms with Crippen molar-refractivity contribution in [1.82, 2.24) is 5.32 Å². The van der Waals surface area contributed by atoms with Crippen LogP contribution in [-0.4, -0.2) is 45.7 Å². The molecule has 4 N–H and O–H groups in total. The quantitative estimate of drug-likeness (QED) is 0.301. The van der Waals surface area contributed by atoms with E-state index in [-0.39, 0.29) is 25.0 Å². The molecule has 0 unspecified atom stereocenters. The van der Waals surface area contributed by atoms with Crippen molar-refractivity contribution in [3.05, 3.63) is 91.5 Å². The van der Waals surface area contributed by atoms with Gasteiger partial charge >= 0.3 is 0 Å². The van der Waals surface area contributed by atoms with Crippen LogP contribution in [0.1, 0.15) is 73.1 Å². The Hall–Kier alpha value is -3.55. The van der Waals surface area contributed by atoms with E-state index in [0.717, 1.165) is 98.3 Å². The zero-order chi connectivity index (χ0) is 29.0. The van der Waals surface area contributed by atoms with Gasteiger partial charge in [0.2, 0.25) is 0 Å². The number of hydrogen-bond acceptors (Lipinski definition) is 7. The lowest BCUT2D eigenvalue weighted by atomic mass is 9.86. The molecule has 1 saturated heterocycles. The molecule has 0 radical (unpaired) electrons. The van der Waals surface area contributed by atoms with Crippen molar-refractivity contribution in [1.29, 1.82) is 0 Å². The smallest absolute Gasteiger partial charge is 0.106 e. The van der Waals surface area contributed by atoms with E-state index in [9.17, 15) is 15.3 Å². The summed E-state index contributed by atoms with van der Waals surface area (Å²) in [6.45, 7) is 10.9. The van der Waals surface area contributed by atoms with E-state index in [1.807, 2.05) is 6.92 Å². The van der Waals surface area contributed by atoms with Gasteiger partial charge in [0.25, 0.3) is 0 Å². The van der Waals surface area contributed by atoms with Crippen LogP contribution in [-0.2, 0) is 0 Å². The van der Waals surface area contributed by atoms with Crippen molar-refractivity contribution in [3.63, 3.8) is 0 Å². The number of hydrogen-bond donors (Lipinski definition) is 4. The zero-order valence-corrected chi connectivity index (χ0v) is 24.7. The molecule has 7 heteroatoms. The van der Waals surface area contributed by atoms with Crippen LogP contribution in [0, 0.1) is 11.8 Å². The van der Waals surface area contributed by atoms with Crippen LogP contribution < -0.4 is 5.32 Å². The van der Waals surface area contributed by atoms with Crippen LogP contribution in [0.15, 0.2) is 106 Å². The van der Waals surface area contributed by atoms with E-state index < -0.39 is 0 Å². The van der Waals surface area contributed by atoms with Gasteiger partial charge in [-0.05, 0) is 99.0 Å². The van der Waals surface area contributed by atoms with Crippen LogP contribution in [0.2, 0.25) is 0 Å². The van der Waals surface area contributed by atoms with E-state index in [4.69, 9.17) is 15.0 Å². The number of aliphatic imine (C=N–C) groups is 3. The molecule has 0 amide bonds. The predicted molar refractivity (Wildman–Crippen MR) is 165 cm³/mol. The third-order valence-corrected chi connectivity index (χ3v) is 9.44. The van der Waals surface area contributed by atoms with Gasteiger partial charge in [-0.15, -0.1) is 0 Å². The fourth-order valence-corrected chi connectivity index (χ4v) is 7.04. The van der Waals surface area contributed by atoms with E-state index >= 15 is 0 Å². The summed E-state index contributed by atoms with van der Waals surface area (Å²) in [6, 6.07) is 0. The Bertz CT molecular complexity index is 1580. The van der Waals surface area contributed by atoms with Crippen molar-refractivity contribution in [3.8, 4) is 0 Å². The van der Waals surface area contributed by atoms with Gasteiger partial charge in [0.1, 0.15) is 5.76 Å². The molecule has 1 fully saturated rings. The minimum Gasteiger partial charge on any atom is -0.511 e. The van der Waals surface area contributed by atoms with E-state index in [1.54, 1.807) is 0 Å². The second-order valence-corrected chi connectivity index (χ2v) is 11.8. The summed E-state index contributed by atoms with van der Waals surface area (Å²) in [5.74, 6) is 0.723. The molecule has 6 aliphatic rings. The molecule has 5 heterocycles. The maximum absolute atomic E-state index is 11.2. The largest absolute Gasteiger partial charge is 0.511 e. The summed E-state index contributed by atoms with van der Waals surface area (Å²) in [4.78, 5) is 15.3. The molecule has 214 valence electrons. The van der Waals surface area contributed by atoms with Gasteiger partial charge in [-0.1, -0.05) is 13.8 Å². The maximum Gasteiger partial charge on any atom is 0.106 e. The first-order valence-corrected chi connectivity index (χ1v) is 14.9. The van der Waals surface area contributed by atoms with Crippen LogP contribution in [0.25, 0.3) is 0 Å². The van der Waals surface area contributed by atoms with Gasteiger partial charge in [-0.25, -0.2) is 15.0 Å². The van der Waals surface area contributed by atoms with Gasteiger partial charge in [-0.2, -0.15) is 0 Å². The minimum atomic E-state index is 0.134. The number of rotatable bonds is 7. The van der Waals surface area contributed by atoms with Gasteiger partial charge < -0.3 is 20.6 Å².